The first-order chi connectivity index (χ1) is 7.36. The van der Waals surface area contributed by atoms with E-state index in [4.69, 9.17) is 17.3 Å². The summed E-state index contributed by atoms with van der Waals surface area (Å²) in [6.45, 7) is 3.89. The summed E-state index contributed by atoms with van der Waals surface area (Å²) in [5.74, 6) is -0.805. The number of benzene rings is 1. The van der Waals surface area contributed by atoms with Gasteiger partial charge >= 0.3 is 5.97 Å². The van der Waals surface area contributed by atoms with E-state index in [-0.39, 0.29) is 5.92 Å². The summed E-state index contributed by atoms with van der Waals surface area (Å²) >= 11 is 5.76. The van der Waals surface area contributed by atoms with Gasteiger partial charge in [-0.3, -0.25) is 0 Å². The molecule has 0 saturated heterocycles. The molecule has 1 aromatic rings. The van der Waals surface area contributed by atoms with Crippen LogP contribution >= 0.6 is 11.6 Å². The molecule has 1 atom stereocenters. The van der Waals surface area contributed by atoms with Crippen LogP contribution in [-0.4, -0.2) is 11.1 Å². The SMILES string of the molecule is CC(C)CC(N)(C(=O)O)c1ccc(Cl)cc1. The van der Waals surface area contributed by atoms with E-state index in [1.165, 1.54) is 0 Å². The summed E-state index contributed by atoms with van der Waals surface area (Å²) in [4.78, 5) is 11.3. The third kappa shape index (κ3) is 2.74. The average Bonchev–Trinajstić information content (AvgIpc) is 2.17. The van der Waals surface area contributed by atoms with Gasteiger partial charge in [0, 0.05) is 5.02 Å². The molecule has 0 amide bonds. The predicted molar refractivity (Wildman–Crippen MR) is 64.4 cm³/mol. The molecule has 0 fully saturated rings. The Labute approximate surface area is 100 Å². The van der Waals surface area contributed by atoms with Gasteiger partial charge in [-0.1, -0.05) is 37.6 Å². The number of rotatable bonds is 4. The number of carboxylic acids is 1. The van der Waals surface area contributed by atoms with Gasteiger partial charge in [-0.2, -0.15) is 0 Å². The van der Waals surface area contributed by atoms with Gasteiger partial charge in [0.1, 0.15) is 5.54 Å². The van der Waals surface area contributed by atoms with Crippen molar-refractivity contribution in [2.75, 3.05) is 0 Å². The first-order valence-corrected chi connectivity index (χ1v) is 5.52. The van der Waals surface area contributed by atoms with E-state index in [9.17, 15) is 9.90 Å². The van der Waals surface area contributed by atoms with Crippen LogP contribution in [-0.2, 0) is 10.3 Å². The molecular formula is C12H16ClNO2. The second-order valence-electron chi connectivity index (χ2n) is 4.38. The van der Waals surface area contributed by atoms with Gasteiger partial charge in [-0.05, 0) is 30.0 Å². The third-order valence-corrected chi connectivity index (χ3v) is 2.72. The molecule has 1 rings (SSSR count). The van der Waals surface area contributed by atoms with Crippen molar-refractivity contribution in [1.82, 2.24) is 0 Å². The number of nitrogens with two attached hydrogens (primary N) is 1. The number of hydrogen-bond donors (Lipinski definition) is 2. The molecule has 0 aliphatic rings. The van der Waals surface area contributed by atoms with Crippen molar-refractivity contribution in [2.24, 2.45) is 11.7 Å². The molecule has 0 heterocycles. The van der Waals surface area contributed by atoms with Crippen LogP contribution in [0.5, 0.6) is 0 Å². The Kier molecular flexibility index (Phi) is 3.94. The molecule has 0 aliphatic heterocycles. The molecule has 88 valence electrons. The van der Waals surface area contributed by atoms with Crippen LogP contribution in [0.4, 0.5) is 0 Å². The Hall–Kier alpha value is -1.06. The molecule has 0 radical (unpaired) electrons. The third-order valence-electron chi connectivity index (χ3n) is 2.47. The molecule has 3 N–H and O–H groups in total. The molecule has 1 aromatic carbocycles. The Bertz CT molecular complexity index is 375. The maximum absolute atomic E-state index is 11.3. The van der Waals surface area contributed by atoms with Crippen molar-refractivity contribution in [3.8, 4) is 0 Å². The maximum atomic E-state index is 11.3. The lowest BCUT2D eigenvalue weighted by molar-refractivity contribution is -0.144. The van der Waals surface area contributed by atoms with E-state index in [2.05, 4.69) is 0 Å². The van der Waals surface area contributed by atoms with E-state index in [1.807, 2.05) is 13.8 Å². The zero-order chi connectivity index (χ0) is 12.3. The predicted octanol–water partition coefficient (Wildman–Crippen LogP) is 2.62. The largest absolute Gasteiger partial charge is 0.480 e. The maximum Gasteiger partial charge on any atom is 0.328 e. The number of carbonyl (C=O) groups is 1. The molecule has 16 heavy (non-hydrogen) atoms. The van der Waals surface area contributed by atoms with Gasteiger partial charge in [0.2, 0.25) is 0 Å². The minimum Gasteiger partial charge on any atom is -0.480 e. The van der Waals surface area contributed by atoms with Gasteiger partial charge in [-0.25, -0.2) is 4.79 Å². The van der Waals surface area contributed by atoms with Gasteiger partial charge in [0.15, 0.2) is 0 Å². The zero-order valence-corrected chi connectivity index (χ0v) is 10.2. The van der Waals surface area contributed by atoms with Gasteiger partial charge < -0.3 is 10.8 Å². The minimum absolute atomic E-state index is 0.205. The molecular weight excluding hydrogens is 226 g/mol. The summed E-state index contributed by atoms with van der Waals surface area (Å²) in [5, 5.41) is 9.82. The van der Waals surface area contributed by atoms with Crippen molar-refractivity contribution in [3.63, 3.8) is 0 Å². The highest BCUT2D eigenvalue weighted by Crippen LogP contribution is 2.27. The second kappa shape index (κ2) is 4.85. The molecule has 0 spiro atoms. The van der Waals surface area contributed by atoms with Crippen LogP contribution in [0.2, 0.25) is 5.02 Å². The molecule has 0 aliphatic carbocycles. The lowest BCUT2D eigenvalue weighted by Gasteiger charge is -2.27. The van der Waals surface area contributed by atoms with Crippen LogP contribution in [0.15, 0.2) is 24.3 Å². The molecule has 0 saturated carbocycles. The fraction of sp³-hybridized carbons (Fsp3) is 0.417. The summed E-state index contributed by atoms with van der Waals surface area (Å²) in [6.07, 6.45) is 0.393. The molecule has 0 bridgehead atoms. The van der Waals surface area contributed by atoms with E-state index in [0.717, 1.165) is 0 Å². The standard InChI is InChI=1S/C12H16ClNO2/c1-8(2)7-12(14,11(15)16)9-3-5-10(13)6-4-9/h3-6,8H,7,14H2,1-2H3,(H,15,16). The van der Waals surface area contributed by atoms with Gasteiger partial charge in [-0.15, -0.1) is 0 Å². The van der Waals surface area contributed by atoms with Crippen molar-refractivity contribution >= 4 is 17.6 Å². The van der Waals surface area contributed by atoms with Crippen molar-refractivity contribution in [1.29, 1.82) is 0 Å². The summed E-state index contributed by atoms with van der Waals surface area (Å²) in [7, 11) is 0. The number of hydrogen-bond acceptors (Lipinski definition) is 2. The van der Waals surface area contributed by atoms with Crippen molar-refractivity contribution in [2.45, 2.75) is 25.8 Å². The smallest absolute Gasteiger partial charge is 0.328 e. The number of halogens is 1. The van der Waals surface area contributed by atoms with E-state index >= 15 is 0 Å². The summed E-state index contributed by atoms with van der Waals surface area (Å²) in [6, 6.07) is 6.64. The van der Waals surface area contributed by atoms with E-state index in [1.54, 1.807) is 24.3 Å². The van der Waals surface area contributed by atoms with Crippen molar-refractivity contribution in [3.05, 3.63) is 34.9 Å². The highest BCUT2D eigenvalue weighted by molar-refractivity contribution is 6.30. The lowest BCUT2D eigenvalue weighted by atomic mass is 9.83. The summed E-state index contributed by atoms with van der Waals surface area (Å²) < 4.78 is 0. The van der Waals surface area contributed by atoms with Crippen LogP contribution in [0.1, 0.15) is 25.8 Å². The van der Waals surface area contributed by atoms with Crippen LogP contribution in [0, 0.1) is 5.92 Å². The van der Waals surface area contributed by atoms with Crippen LogP contribution in [0.25, 0.3) is 0 Å². The highest BCUT2D eigenvalue weighted by Gasteiger charge is 2.36. The average molecular weight is 242 g/mol. The Morgan fingerprint density at radius 3 is 2.31 bits per heavy atom. The van der Waals surface area contributed by atoms with E-state index < -0.39 is 11.5 Å². The number of carboxylic acid groups (broad SMARTS) is 1. The van der Waals surface area contributed by atoms with Crippen LogP contribution < -0.4 is 5.73 Å². The molecule has 0 aromatic heterocycles. The second-order valence-corrected chi connectivity index (χ2v) is 4.82. The summed E-state index contributed by atoms with van der Waals surface area (Å²) in [5.41, 5.74) is 5.22. The Morgan fingerprint density at radius 2 is 1.94 bits per heavy atom. The lowest BCUT2D eigenvalue weighted by Crippen LogP contribution is -2.45. The topological polar surface area (TPSA) is 63.3 Å². The fourth-order valence-corrected chi connectivity index (χ4v) is 1.85. The quantitative estimate of drug-likeness (QED) is 0.852. The minimum atomic E-state index is -1.33. The van der Waals surface area contributed by atoms with Gasteiger partial charge in [0.05, 0.1) is 0 Å². The first kappa shape index (κ1) is 13.0. The molecule has 4 heteroatoms. The van der Waals surface area contributed by atoms with Crippen LogP contribution in [0.3, 0.4) is 0 Å². The Morgan fingerprint density at radius 1 is 1.44 bits per heavy atom. The first-order valence-electron chi connectivity index (χ1n) is 5.14. The normalized spacial score (nSPS) is 14.8. The van der Waals surface area contributed by atoms with Crippen molar-refractivity contribution < 1.29 is 9.90 Å². The molecule has 1 unspecified atom stereocenters. The highest BCUT2D eigenvalue weighted by atomic mass is 35.5. The zero-order valence-electron chi connectivity index (χ0n) is 9.40. The molecule has 3 nitrogen and oxygen atoms in total. The van der Waals surface area contributed by atoms with Gasteiger partial charge in [0.25, 0.3) is 0 Å². The monoisotopic (exact) mass is 241 g/mol. The van der Waals surface area contributed by atoms with E-state index in [0.29, 0.717) is 17.0 Å². The fourth-order valence-electron chi connectivity index (χ4n) is 1.72. The number of aliphatic carboxylic acids is 1. The Balaban J connectivity index is 3.11.